The van der Waals surface area contributed by atoms with Gasteiger partial charge >= 0.3 is 0 Å². The van der Waals surface area contributed by atoms with Gasteiger partial charge in [0, 0.05) is 5.56 Å². The molecule has 3 nitrogen and oxygen atoms in total. The second-order valence-electron chi connectivity index (χ2n) is 4.36. The fourth-order valence-corrected chi connectivity index (χ4v) is 2.27. The molecule has 6 heteroatoms. The van der Waals surface area contributed by atoms with Crippen LogP contribution in [-0.4, -0.2) is 10.1 Å². The van der Waals surface area contributed by atoms with Gasteiger partial charge < -0.3 is 4.52 Å². The zero-order chi connectivity index (χ0) is 14.8. The van der Waals surface area contributed by atoms with Crippen LogP contribution in [0.5, 0.6) is 0 Å². The molecular weight excluding hydrogens is 314 g/mol. The summed E-state index contributed by atoms with van der Waals surface area (Å²) in [6.07, 6.45) is 0. The number of aromatic nitrogens is 2. The Morgan fingerprint density at radius 1 is 1.10 bits per heavy atom. The van der Waals surface area contributed by atoms with Crippen molar-refractivity contribution in [2.24, 2.45) is 0 Å². The van der Waals surface area contributed by atoms with Crippen molar-refractivity contribution in [2.75, 3.05) is 0 Å². The third-order valence-electron chi connectivity index (χ3n) is 2.93. The standard InChI is InChI=1S/C15H9Cl2FN2O/c16-11-8-10(6-7-12(11)18)14-19-15(21-20-14)13(17)9-4-2-1-3-5-9/h1-8,13H. The molecule has 0 aliphatic rings. The number of benzene rings is 2. The maximum absolute atomic E-state index is 13.2. The van der Waals surface area contributed by atoms with Gasteiger partial charge in [0.15, 0.2) is 0 Å². The highest BCUT2D eigenvalue weighted by atomic mass is 35.5. The summed E-state index contributed by atoms with van der Waals surface area (Å²) >= 11 is 12.0. The molecule has 3 aromatic rings. The minimum Gasteiger partial charge on any atom is -0.337 e. The van der Waals surface area contributed by atoms with Crippen LogP contribution in [0.1, 0.15) is 16.8 Å². The monoisotopic (exact) mass is 322 g/mol. The van der Waals surface area contributed by atoms with E-state index in [-0.39, 0.29) is 10.9 Å². The predicted molar refractivity (Wildman–Crippen MR) is 78.8 cm³/mol. The summed E-state index contributed by atoms with van der Waals surface area (Å²) < 4.78 is 18.3. The normalized spacial score (nSPS) is 12.3. The van der Waals surface area contributed by atoms with E-state index in [9.17, 15) is 4.39 Å². The van der Waals surface area contributed by atoms with Crippen LogP contribution in [0.25, 0.3) is 11.4 Å². The number of hydrogen-bond donors (Lipinski definition) is 0. The van der Waals surface area contributed by atoms with Gasteiger partial charge in [0.1, 0.15) is 11.2 Å². The predicted octanol–water partition coefficient (Wildman–Crippen LogP) is 4.86. The van der Waals surface area contributed by atoms with E-state index in [1.807, 2.05) is 30.3 Å². The van der Waals surface area contributed by atoms with Gasteiger partial charge in [-0.05, 0) is 23.8 Å². The highest BCUT2D eigenvalue weighted by Gasteiger charge is 2.19. The molecule has 2 aromatic carbocycles. The first-order valence-electron chi connectivity index (χ1n) is 6.13. The third-order valence-corrected chi connectivity index (χ3v) is 3.66. The van der Waals surface area contributed by atoms with E-state index in [4.69, 9.17) is 27.7 Å². The van der Waals surface area contributed by atoms with E-state index in [0.29, 0.717) is 11.4 Å². The fraction of sp³-hybridized carbons (Fsp3) is 0.0667. The Morgan fingerprint density at radius 2 is 1.86 bits per heavy atom. The summed E-state index contributed by atoms with van der Waals surface area (Å²) in [6.45, 7) is 0. The number of halogens is 3. The maximum Gasteiger partial charge on any atom is 0.249 e. The Balaban J connectivity index is 1.91. The Kier molecular flexibility index (Phi) is 3.90. The van der Waals surface area contributed by atoms with Gasteiger partial charge in [0.25, 0.3) is 0 Å². The summed E-state index contributed by atoms with van der Waals surface area (Å²) in [6, 6.07) is 13.6. The second kappa shape index (κ2) is 5.84. The smallest absolute Gasteiger partial charge is 0.249 e. The van der Waals surface area contributed by atoms with Crippen molar-refractivity contribution >= 4 is 23.2 Å². The minimum atomic E-state index is -0.539. The SMILES string of the molecule is Fc1ccc(-c2noc(C(Cl)c3ccccc3)n2)cc1Cl. The van der Waals surface area contributed by atoms with Crippen molar-refractivity contribution in [3.05, 3.63) is 70.8 Å². The molecule has 1 atom stereocenters. The van der Waals surface area contributed by atoms with Gasteiger partial charge in [0.05, 0.1) is 5.02 Å². The summed E-state index contributed by atoms with van der Waals surface area (Å²) in [5.74, 6) is 0.0930. The van der Waals surface area contributed by atoms with Crippen molar-refractivity contribution in [3.8, 4) is 11.4 Å². The Labute approximate surface area is 130 Å². The molecule has 1 aromatic heterocycles. The van der Waals surface area contributed by atoms with Gasteiger partial charge in [-0.1, -0.05) is 47.1 Å². The summed E-state index contributed by atoms with van der Waals surface area (Å²) in [7, 11) is 0. The number of nitrogens with zero attached hydrogens (tertiary/aromatic N) is 2. The molecule has 0 N–H and O–H groups in total. The molecule has 1 unspecified atom stereocenters. The van der Waals surface area contributed by atoms with Crippen LogP contribution in [0, 0.1) is 5.82 Å². The van der Waals surface area contributed by atoms with Gasteiger partial charge in [-0.15, -0.1) is 11.6 Å². The van der Waals surface area contributed by atoms with E-state index in [2.05, 4.69) is 10.1 Å². The zero-order valence-electron chi connectivity index (χ0n) is 10.6. The molecule has 1 heterocycles. The summed E-state index contributed by atoms with van der Waals surface area (Å²) in [5, 5.41) is 3.32. The molecule has 3 rings (SSSR count). The van der Waals surface area contributed by atoms with E-state index >= 15 is 0 Å². The Morgan fingerprint density at radius 3 is 2.57 bits per heavy atom. The maximum atomic E-state index is 13.2. The molecule has 0 aliphatic carbocycles. The lowest BCUT2D eigenvalue weighted by Crippen LogP contribution is -1.93. The Bertz CT molecular complexity index is 761. The minimum absolute atomic E-state index is 0.00401. The number of rotatable bonds is 3. The van der Waals surface area contributed by atoms with Crippen molar-refractivity contribution in [1.29, 1.82) is 0 Å². The van der Waals surface area contributed by atoms with Gasteiger partial charge in [-0.25, -0.2) is 4.39 Å². The first-order chi connectivity index (χ1) is 10.1. The molecule has 0 aliphatic heterocycles. The topological polar surface area (TPSA) is 38.9 Å². The van der Waals surface area contributed by atoms with E-state index in [0.717, 1.165) is 5.56 Å². The quantitative estimate of drug-likeness (QED) is 0.646. The lowest BCUT2D eigenvalue weighted by molar-refractivity contribution is 0.383. The van der Waals surface area contributed by atoms with Crippen molar-refractivity contribution in [3.63, 3.8) is 0 Å². The van der Waals surface area contributed by atoms with E-state index in [1.54, 1.807) is 0 Å². The highest BCUT2D eigenvalue weighted by Crippen LogP contribution is 2.29. The lowest BCUT2D eigenvalue weighted by atomic mass is 10.1. The summed E-state index contributed by atoms with van der Waals surface area (Å²) in [5.41, 5.74) is 1.42. The van der Waals surface area contributed by atoms with Crippen LogP contribution in [0.3, 0.4) is 0 Å². The highest BCUT2D eigenvalue weighted by molar-refractivity contribution is 6.31. The second-order valence-corrected chi connectivity index (χ2v) is 5.20. The molecule has 0 bridgehead atoms. The molecule has 0 radical (unpaired) electrons. The van der Waals surface area contributed by atoms with Crippen LogP contribution < -0.4 is 0 Å². The fourth-order valence-electron chi connectivity index (χ4n) is 1.86. The largest absolute Gasteiger partial charge is 0.337 e. The van der Waals surface area contributed by atoms with Gasteiger partial charge in [-0.3, -0.25) is 0 Å². The van der Waals surface area contributed by atoms with E-state index < -0.39 is 11.2 Å². The van der Waals surface area contributed by atoms with Crippen molar-refractivity contribution < 1.29 is 8.91 Å². The van der Waals surface area contributed by atoms with Crippen LogP contribution in [0.2, 0.25) is 5.02 Å². The van der Waals surface area contributed by atoms with Crippen LogP contribution in [-0.2, 0) is 0 Å². The summed E-state index contributed by atoms with van der Waals surface area (Å²) in [4.78, 5) is 4.24. The number of hydrogen-bond acceptors (Lipinski definition) is 3. The average molecular weight is 323 g/mol. The first-order valence-corrected chi connectivity index (χ1v) is 6.94. The molecule has 21 heavy (non-hydrogen) atoms. The first kappa shape index (κ1) is 14.0. The molecular formula is C15H9Cl2FN2O. The van der Waals surface area contributed by atoms with E-state index in [1.165, 1.54) is 18.2 Å². The molecule has 0 spiro atoms. The third kappa shape index (κ3) is 2.91. The lowest BCUT2D eigenvalue weighted by Gasteiger charge is -2.03. The molecule has 0 saturated heterocycles. The molecule has 0 saturated carbocycles. The van der Waals surface area contributed by atoms with Crippen molar-refractivity contribution in [1.82, 2.24) is 10.1 Å². The van der Waals surface area contributed by atoms with Crippen molar-refractivity contribution in [2.45, 2.75) is 5.38 Å². The number of alkyl halides is 1. The Hall–Kier alpha value is -1.91. The van der Waals surface area contributed by atoms with Crippen LogP contribution >= 0.6 is 23.2 Å². The zero-order valence-corrected chi connectivity index (χ0v) is 12.1. The molecule has 0 amide bonds. The van der Waals surface area contributed by atoms with Gasteiger partial charge in [-0.2, -0.15) is 4.98 Å². The van der Waals surface area contributed by atoms with Crippen LogP contribution in [0.4, 0.5) is 4.39 Å². The average Bonchev–Trinajstić information content (AvgIpc) is 3.00. The van der Waals surface area contributed by atoms with Crippen LogP contribution in [0.15, 0.2) is 53.1 Å². The molecule has 106 valence electrons. The van der Waals surface area contributed by atoms with Gasteiger partial charge in [0.2, 0.25) is 11.7 Å². The molecule has 0 fully saturated rings.